The van der Waals surface area contributed by atoms with E-state index in [-0.39, 0.29) is 6.67 Å². The summed E-state index contributed by atoms with van der Waals surface area (Å²) in [5, 5.41) is 23.0. The third-order valence-corrected chi connectivity index (χ3v) is 4.54. The summed E-state index contributed by atoms with van der Waals surface area (Å²) in [4.78, 5) is 6.06. The second kappa shape index (κ2) is 5.77. The summed E-state index contributed by atoms with van der Waals surface area (Å²) in [6.07, 6.45) is 5.60. The van der Waals surface area contributed by atoms with Gasteiger partial charge < -0.3 is 10.3 Å². The molecule has 0 spiro atoms. The SMILES string of the molecule is CC=CCCN1CC(O)[N+]([O-])(c2ncc(Br)s2)C1. The molecule has 1 aromatic rings. The molecule has 1 N–H and O–H groups in total. The van der Waals surface area contributed by atoms with Crippen LogP contribution in [-0.2, 0) is 0 Å². The Morgan fingerprint density at radius 2 is 2.56 bits per heavy atom. The van der Waals surface area contributed by atoms with Crippen LogP contribution < -0.4 is 4.65 Å². The fraction of sp³-hybridized carbons (Fsp3) is 0.545. The Labute approximate surface area is 119 Å². The summed E-state index contributed by atoms with van der Waals surface area (Å²) in [7, 11) is 0. The van der Waals surface area contributed by atoms with Crippen LogP contribution in [0.2, 0.25) is 0 Å². The highest BCUT2D eigenvalue weighted by Gasteiger charge is 2.42. The van der Waals surface area contributed by atoms with Crippen LogP contribution in [0.5, 0.6) is 0 Å². The fourth-order valence-corrected chi connectivity index (χ4v) is 3.26. The number of aromatic nitrogens is 1. The van der Waals surface area contributed by atoms with Crippen molar-refractivity contribution in [2.24, 2.45) is 0 Å². The maximum absolute atomic E-state index is 12.6. The minimum atomic E-state index is -0.950. The van der Waals surface area contributed by atoms with E-state index in [1.807, 2.05) is 17.9 Å². The van der Waals surface area contributed by atoms with Crippen LogP contribution in [0.3, 0.4) is 0 Å². The minimum absolute atomic E-state index is 0.263. The zero-order valence-corrected chi connectivity index (χ0v) is 12.5. The van der Waals surface area contributed by atoms with E-state index < -0.39 is 10.9 Å². The van der Waals surface area contributed by atoms with Gasteiger partial charge in [0.2, 0.25) is 6.23 Å². The summed E-state index contributed by atoms with van der Waals surface area (Å²) in [6, 6.07) is 0. The lowest BCUT2D eigenvalue weighted by Gasteiger charge is -2.37. The maximum Gasteiger partial charge on any atom is 0.290 e. The van der Waals surface area contributed by atoms with Gasteiger partial charge >= 0.3 is 0 Å². The van der Waals surface area contributed by atoms with Gasteiger partial charge in [0.25, 0.3) is 5.13 Å². The van der Waals surface area contributed by atoms with Crippen molar-refractivity contribution in [2.75, 3.05) is 19.8 Å². The number of hydrogen-bond acceptors (Lipinski definition) is 5. The Kier molecular flexibility index (Phi) is 4.52. The van der Waals surface area contributed by atoms with E-state index in [1.165, 1.54) is 11.3 Å². The summed E-state index contributed by atoms with van der Waals surface area (Å²) in [5.41, 5.74) is 0. The molecule has 5 nitrogen and oxygen atoms in total. The van der Waals surface area contributed by atoms with Gasteiger partial charge in [-0.15, -0.1) is 0 Å². The van der Waals surface area contributed by atoms with E-state index in [9.17, 15) is 10.3 Å². The van der Waals surface area contributed by atoms with Crippen LogP contribution in [0.1, 0.15) is 13.3 Å². The molecule has 7 heteroatoms. The van der Waals surface area contributed by atoms with Gasteiger partial charge in [0, 0.05) is 6.54 Å². The molecule has 1 fully saturated rings. The molecule has 18 heavy (non-hydrogen) atoms. The Morgan fingerprint density at radius 1 is 1.78 bits per heavy atom. The van der Waals surface area contributed by atoms with Gasteiger partial charge in [0.05, 0.1) is 16.5 Å². The second-order valence-corrected chi connectivity index (χ2v) is 6.69. The van der Waals surface area contributed by atoms with Crippen LogP contribution in [0.25, 0.3) is 0 Å². The Hall–Kier alpha value is -0.310. The molecule has 2 rings (SSSR count). The van der Waals surface area contributed by atoms with Gasteiger partial charge in [0.15, 0.2) is 0 Å². The number of nitrogens with zero attached hydrogens (tertiary/aromatic N) is 3. The van der Waals surface area contributed by atoms with Crippen molar-refractivity contribution in [1.82, 2.24) is 14.5 Å². The molecular weight excluding hydrogens is 318 g/mol. The largest absolute Gasteiger partial charge is 0.623 e. The first-order valence-corrected chi connectivity index (χ1v) is 7.39. The second-order valence-electron chi connectivity index (χ2n) is 4.30. The third kappa shape index (κ3) is 2.81. The molecule has 2 heterocycles. The first-order valence-electron chi connectivity index (χ1n) is 5.78. The van der Waals surface area contributed by atoms with Crippen LogP contribution in [0.15, 0.2) is 22.1 Å². The molecule has 100 valence electrons. The zero-order valence-electron chi connectivity index (χ0n) is 10.1. The minimum Gasteiger partial charge on any atom is -0.623 e. The quantitative estimate of drug-likeness (QED) is 0.521. The topological polar surface area (TPSA) is 59.4 Å². The lowest BCUT2D eigenvalue weighted by Crippen LogP contribution is -2.48. The summed E-state index contributed by atoms with van der Waals surface area (Å²) >= 11 is 4.58. The number of hydroxylamine groups is 2. The number of β-amino-alcohol motifs (C(OH)–C–C–N with tert-alkyl or cyclic N) is 1. The fourth-order valence-electron chi connectivity index (χ4n) is 2.01. The predicted molar refractivity (Wildman–Crippen MR) is 76.9 cm³/mol. The first-order chi connectivity index (χ1) is 8.56. The molecule has 2 unspecified atom stereocenters. The van der Waals surface area contributed by atoms with Gasteiger partial charge in [-0.05, 0) is 40.6 Å². The number of aliphatic hydroxyl groups excluding tert-OH is 1. The van der Waals surface area contributed by atoms with Gasteiger partial charge in [-0.2, -0.15) is 4.98 Å². The van der Waals surface area contributed by atoms with Gasteiger partial charge in [0.1, 0.15) is 6.67 Å². The molecule has 0 amide bonds. The van der Waals surface area contributed by atoms with Crippen molar-refractivity contribution in [2.45, 2.75) is 19.6 Å². The lowest BCUT2D eigenvalue weighted by atomic mass is 10.3. The normalized spacial score (nSPS) is 29.4. The van der Waals surface area contributed by atoms with Gasteiger partial charge in [-0.25, -0.2) is 4.90 Å². The van der Waals surface area contributed by atoms with E-state index in [0.717, 1.165) is 16.8 Å². The molecular formula is C11H16BrN3O2S. The van der Waals surface area contributed by atoms with Crippen molar-refractivity contribution in [3.05, 3.63) is 27.3 Å². The predicted octanol–water partition coefficient (Wildman–Crippen LogP) is 2.27. The van der Waals surface area contributed by atoms with Crippen LogP contribution in [-0.4, -0.2) is 41.0 Å². The number of quaternary nitrogens is 1. The number of halogens is 1. The summed E-state index contributed by atoms with van der Waals surface area (Å²) in [6.45, 7) is 3.42. The monoisotopic (exact) mass is 333 g/mol. The number of thiazole rings is 1. The van der Waals surface area contributed by atoms with Gasteiger partial charge in [-0.1, -0.05) is 12.2 Å². The van der Waals surface area contributed by atoms with Crippen molar-refractivity contribution >= 4 is 32.4 Å². The standard InChI is InChI=1S/C11H16BrN3O2S/c1-2-3-4-5-14-7-10(16)15(17,8-14)11-13-6-9(12)18-11/h2-3,6,10,16H,4-5,7-8H2,1H3. The molecule has 1 aliphatic heterocycles. The average Bonchev–Trinajstić information content (AvgIpc) is 2.86. The number of aliphatic hydroxyl groups is 1. The summed E-state index contributed by atoms with van der Waals surface area (Å²) in [5.74, 6) is 0. The molecule has 1 saturated heterocycles. The molecule has 0 aromatic carbocycles. The average molecular weight is 334 g/mol. The zero-order chi connectivity index (χ0) is 13.2. The van der Waals surface area contributed by atoms with E-state index in [4.69, 9.17) is 0 Å². The van der Waals surface area contributed by atoms with Crippen LogP contribution in [0, 0.1) is 5.21 Å². The number of allylic oxidation sites excluding steroid dienone is 1. The number of rotatable bonds is 4. The smallest absolute Gasteiger partial charge is 0.290 e. The Morgan fingerprint density at radius 3 is 3.17 bits per heavy atom. The molecule has 0 radical (unpaired) electrons. The first kappa shape index (κ1) is 14.1. The van der Waals surface area contributed by atoms with Crippen molar-refractivity contribution in [3.8, 4) is 0 Å². The van der Waals surface area contributed by atoms with Gasteiger partial charge in [-0.3, -0.25) is 4.65 Å². The molecule has 1 aromatic heterocycles. The Bertz CT molecular complexity index is 440. The molecule has 2 atom stereocenters. The Balaban J connectivity index is 2.05. The summed E-state index contributed by atoms with van der Waals surface area (Å²) < 4.78 is 0.0527. The van der Waals surface area contributed by atoms with Crippen molar-refractivity contribution < 1.29 is 5.11 Å². The van der Waals surface area contributed by atoms with E-state index in [1.54, 1.807) is 6.20 Å². The highest BCUT2D eigenvalue weighted by atomic mass is 79.9. The van der Waals surface area contributed by atoms with E-state index in [2.05, 4.69) is 27.0 Å². The molecule has 0 bridgehead atoms. The number of hydrogen-bond donors (Lipinski definition) is 1. The van der Waals surface area contributed by atoms with E-state index in [0.29, 0.717) is 11.7 Å². The van der Waals surface area contributed by atoms with Crippen LogP contribution >= 0.6 is 27.3 Å². The molecule has 0 saturated carbocycles. The molecule has 0 aliphatic carbocycles. The highest BCUT2D eigenvalue weighted by Crippen LogP contribution is 2.35. The molecule has 1 aliphatic rings. The lowest BCUT2D eigenvalue weighted by molar-refractivity contribution is 0.0847. The van der Waals surface area contributed by atoms with Crippen molar-refractivity contribution in [3.63, 3.8) is 0 Å². The van der Waals surface area contributed by atoms with E-state index >= 15 is 0 Å². The van der Waals surface area contributed by atoms with Crippen molar-refractivity contribution in [1.29, 1.82) is 0 Å². The third-order valence-electron chi connectivity index (χ3n) is 2.95. The highest BCUT2D eigenvalue weighted by molar-refractivity contribution is 9.11. The van der Waals surface area contributed by atoms with Crippen LogP contribution in [0.4, 0.5) is 5.13 Å². The maximum atomic E-state index is 12.6.